The molecule has 0 aliphatic rings. The first-order chi connectivity index (χ1) is 13.8. The number of ether oxygens (including phenoxy) is 1. The number of nitrogens with one attached hydrogen (secondary N) is 1. The van der Waals surface area contributed by atoms with Gasteiger partial charge >= 0.3 is 6.09 Å². The van der Waals surface area contributed by atoms with Gasteiger partial charge in [-0.15, -0.1) is 0 Å². The monoisotopic (exact) mass is 391 g/mol. The fourth-order valence-corrected chi connectivity index (χ4v) is 3.64. The summed E-state index contributed by atoms with van der Waals surface area (Å²) < 4.78 is 6.61. The van der Waals surface area contributed by atoms with E-state index in [1.807, 2.05) is 6.07 Å². The Hall–Kier alpha value is -3.90. The largest absolute Gasteiger partial charge is 0.496 e. The van der Waals surface area contributed by atoms with Crippen LogP contribution in [0.15, 0.2) is 30.6 Å². The molecule has 3 N–H and O–H groups in total. The molecule has 146 valence electrons. The van der Waals surface area contributed by atoms with E-state index < -0.39 is 11.7 Å². The summed E-state index contributed by atoms with van der Waals surface area (Å²) in [6.07, 6.45) is 1.70. The van der Waals surface area contributed by atoms with Crippen LogP contribution in [0.2, 0.25) is 0 Å². The summed E-state index contributed by atoms with van der Waals surface area (Å²) in [5.41, 5.74) is 1.08. The number of nitriles is 1. The first-order valence-electron chi connectivity index (χ1n) is 8.69. The van der Waals surface area contributed by atoms with Crippen LogP contribution in [-0.2, 0) is 5.60 Å². The standard InChI is InChI=1S/C20H17N5O4/c1-10-6-14(29-3)15(12-4-5-25(16(10)12)19(26)27)20(2,28)18-23-13-7-11(8-21)9-22-17(13)24-18/h4-7,9,28H,1-3H3,(H,26,27)(H,22,23,24). The Morgan fingerprint density at radius 2 is 2.17 bits per heavy atom. The molecule has 0 saturated heterocycles. The van der Waals surface area contributed by atoms with Crippen molar-refractivity contribution in [1.29, 1.82) is 5.26 Å². The molecule has 4 rings (SSSR count). The SMILES string of the molecule is COc1cc(C)c2c(ccn2C(=O)O)c1C(C)(O)c1nc2ncc(C#N)cc2[nH]1. The Morgan fingerprint density at radius 3 is 2.83 bits per heavy atom. The molecular formula is C20H17N5O4. The second kappa shape index (κ2) is 6.32. The van der Waals surface area contributed by atoms with E-state index in [-0.39, 0.29) is 5.82 Å². The Labute approximate surface area is 164 Å². The zero-order valence-corrected chi connectivity index (χ0v) is 15.9. The number of hydrogen-bond donors (Lipinski definition) is 3. The van der Waals surface area contributed by atoms with Crippen molar-refractivity contribution in [3.63, 3.8) is 0 Å². The fraction of sp³-hybridized carbons (Fsp3) is 0.200. The average Bonchev–Trinajstić information content (AvgIpc) is 3.31. The second-order valence-electron chi connectivity index (χ2n) is 6.87. The fourth-order valence-electron chi connectivity index (χ4n) is 3.64. The molecular weight excluding hydrogens is 374 g/mol. The lowest BCUT2D eigenvalue weighted by atomic mass is 9.90. The van der Waals surface area contributed by atoms with Crippen molar-refractivity contribution in [2.45, 2.75) is 19.4 Å². The van der Waals surface area contributed by atoms with Crippen LogP contribution in [0.4, 0.5) is 4.79 Å². The smallest absolute Gasteiger partial charge is 0.416 e. The summed E-state index contributed by atoms with van der Waals surface area (Å²) in [7, 11) is 1.48. The number of nitrogens with zero attached hydrogens (tertiary/aromatic N) is 4. The highest BCUT2D eigenvalue weighted by Crippen LogP contribution is 2.41. The van der Waals surface area contributed by atoms with Gasteiger partial charge in [0.1, 0.15) is 23.2 Å². The summed E-state index contributed by atoms with van der Waals surface area (Å²) in [6, 6.07) is 6.91. The van der Waals surface area contributed by atoms with Crippen molar-refractivity contribution in [2.24, 2.45) is 0 Å². The van der Waals surface area contributed by atoms with Crippen LogP contribution in [0, 0.1) is 18.3 Å². The molecule has 3 aromatic heterocycles. The molecule has 1 aromatic carbocycles. The number of hydrogen-bond acceptors (Lipinski definition) is 6. The van der Waals surface area contributed by atoms with Crippen LogP contribution >= 0.6 is 0 Å². The van der Waals surface area contributed by atoms with Gasteiger partial charge in [-0.05, 0) is 37.6 Å². The number of aromatic nitrogens is 4. The molecule has 0 radical (unpaired) electrons. The van der Waals surface area contributed by atoms with E-state index in [9.17, 15) is 15.0 Å². The zero-order chi connectivity index (χ0) is 20.9. The normalized spacial score (nSPS) is 13.3. The summed E-state index contributed by atoms with van der Waals surface area (Å²) in [5, 5.41) is 30.6. The minimum Gasteiger partial charge on any atom is -0.496 e. The minimum atomic E-state index is -1.66. The summed E-state index contributed by atoms with van der Waals surface area (Å²) in [5.74, 6) is 0.593. The second-order valence-corrected chi connectivity index (χ2v) is 6.87. The number of carboxylic acid groups (broad SMARTS) is 1. The highest BCUT2D eigenvalue weighted by Gasteiger charge is 2.36. The van der Waals surface area contributed by atoms with Gasteiger partial charge in [0.25, 0.3) is 0 Å². The number of aromatic amines is 1. The maximum atomic E-state index is 11.6. The number of rotatable bonds is 3. The van der Waals surface area contributed by atoms with E-state index in [4.69, 9.17) is 10.00 Å². The average molecular weight is 391 g/mol. The summed E-state index contributed by atoms with van der Waals surface area (Å²) in [4.78, 5) is 23.1. The number of benzene rings is 1. The predicted octanol–water partition coefficient (Wildman–Crippen LogP) is 2.88. The number of aliphatic hydroxyl groups is 1. The van der Waals surface area contributed by atoms with Gasteiger partial charge in [0.2, 0.25) is 0 Å². The summed E-state index contributed by atoms with van der Waals surface area (Å²) in [6.45, 7) is 3.32. The van der Waals surface area contributed by atoms with E-state index in [1.54, 1.807) is 32.0 Å². The number of methoxy groups -OCH3 is 1. The van der Waals surface area contributed by atoms with Gasteiger partial charge in [0.05, 0.1) is 23.7 Å². The highest BCUT2D eigenvalue weighted by molar-refractivity contribution is 5.95. The van der Waals surface area contributed by atoms with E-state index in [2.05, 4.69) is 15.0 Å². The first kappa shape index (κ1) is 18.5. The van der Waals surface area contributed by atoms with Crippen molar-refractivity contribution in [3.05, 3.63) is 53.1 Å². The van der Waals surface area contributed by atoms with Crippen molar-refractivity contribution in [3.8, 4) is 11.8 Å². The first-order valence-corrected chi connectivity index (χ1v) is 8.69. The van der Waals surface area contributed by atoms with Crippen LogP contribution in [-0.4, -0.2) is 42.9 Å². The molecule has 3 heterocycles. The predicted molar refractivity (Wildman–Crippen MR) is 104 cm³/mol. The Balaban J connectivity index is 2.01. The van der Waals surface area contributed by atoms with Gasteiger partial charge in [-0.1, -0.05) is 0 Å². The van der Waals surface area contributed by atoms with Gasteiger partial charge in [0.15, 0.2) is 5.65 Å². The molecule has 0 bridgehead atoms. The van der Waals surface area contributed by atoms with Crippen molar-refractivity contribution in [2.75, 3.05) is 7.11 Å². The highest BCUT2D eigenvalue weighted by atomic mass is 16.5. The molecule has 9 heteroatoms. The number of carbonyl (C=O) groups is 1. The van der Waals surface area contributed by atoms with Crippen molar-refractivity contribution in [1.82, 2.24) is 19.5 Å². The molecule has 0 aliphatic carbocycles. The lowest BCUT2D eigenvalue weighted by Crippen LogP contribution is -2.26. The van der Waals surface area contributed by atoms with Crippen molar-refractivity contribution < 1.29 is 19.7 Å². The van der Waals surface area contributed by atoms with Crippen LogP contribution in [0.1, 0.15) is 29.4 Å². The number of aryl methyl sites for hydroxylation is 1. The minimum absolute atomic E-state index is 0.196. The Kier molecular flexibility index (Phi) is 4.03. The van der Waals surface area contributed by atoms with Crippen LogP contribution in [0.5, 0.6) is 5.75 Å². The third-order valence-electron chi connectivity index (χ3n) is 4.96. The van der Waals surface area contributed by atoms with Gasteiger partial charge in [0, 0.05) is 23.3 Å². The van der Waals surface area contributed by atoms with E-state index in [0.29, 0.717) is 44.5 Å². The topological polar surface area (TPSA) is 137 Å². The third kappa shape index (κ3) is 2.69. The lowest BCUT2D eigenvalue weighted by molar-refractivity contribution is 0.0920. The number of pyridine rings is 1. The van der Waals surface area contributed by atoms with Crippen LogP contribution < -0.4 is 4.74 Å². The molecule has 1 atom stereocenters. The van der Waals surface area contributed by atoms with Crippen LogP contribution in [0.25, 0.3) is 22.1 Å². The quantitative estimate of drug-likeness (QED) is 0.488. The maximum absolute atomic E-state index is 11.6. The lowest BCUT2D eigenvalue weighted by Gasteiger charge is -2.25. The van der Waals surface area contributed by atoms with Gasteiger partial charge in [-0.3, -0.25) is 4.57 Å². The van der Waals surface area contributed by atoms with Gasteiger partial charge < -0.3 is 19.9 Å². The zero-order valence-electron chi connectivity index (χ0n) is 15.9. The molecule has 29 heavy (non-hydrogen) atoms. The molecule has 0 aliphatic heterocycles. The maximum Gasteiger partial charge on any atom is 0.416 e. The Bertz CT molecular complexity index is 1330. The number of fused-ring (bicyclic) bond motifs is 2. The molecule has 0 spiro atoms. The van der Waals surface area contributed by atoms with Gasteiger partial charge in [-0.2, -0.15) is 5.26 Å². The molecule has 0 amide bonds. The molecule has 9 nitrogen and oxygen atoms in total. The van der Waals surface area contributed by atoms with E-state index in [1.165, 1.54) is 19.5 Å². The Morgan fingerprint density at radius 1 is 1.41 bits per heavy atom. The molecule has 0 saturated carbocycles. The van der Waals surface area contributed by atoms with E-state index in [0.717, 1.165) is 4.57 Å². The molecule has 1 unspecified atom stereocenters. The van der Waals surface area contributed by atoms with Gasteiger partial charge in [-0.25, -0.2) is 14.8 Å². The van der Waals surface area contributed by atoms with Crippen LogP contribution in [0.3, 0.4) is 0 Å². The number of H-pyrrole nitrogens is 1. The molecule has 0 fully saturated rings. The summed E-state index contributed by atoms with van der Waals surface area (Å²) >= 11 is 0. The third-order valence-corrected chi connectivity index (χ3v) is 4.96. The molecule has 4 aromatic rings. The van der Waals surface area contributed by atoms with E-state index >= 15 is 0 Å². The van der Waals surface area contributed by atoms with Crippen molar-refractivity contribution >= 4 is 28.2 Å². The number of imidazole rings is 1.